The molecule has 3 aliphatic rings. The van der Waals surface area contributed by atoms with Gasteiger partial charge in [-0.25, -0.2) is 0 Å². The van der Waals surface area contributed by atoms with Gasteiger partial charge in [0.05, 0.1) is 4.92 Å². The summed E-state index contributed by atoms with van der Waals surface area (Å²) in [4.78, 5) is 57.8. The van der Waals surface area contributed by atoms with Gasteiger partial charge in [0.25, 0.3) is 11.6 Å². The fourth-order valence-electron chi connectivity index (χ4n) is 7.21. The summed E-state index contributed by atoms with van der Waals surface area (Å²) < 4.78 is 0. The van der Waals surface area contributed by atoms with Gasteiger partial charge in [-0.05, 0) is 87.2 Å². The van der Waals surface area contributed by atoms with Crippen LogP contribution >= 0.6 is 11.6 Å². The van der Waals surface area contributed by atoms with Crippen molar-refractivity contribution >= 4 is 40.7 Å². The maximum absolute atomic E-state index is 13.8. The predicted octanol–water partition coefficient (Wildman–Crippen LogP) is 4.86. The number of aryl methyl sites for hydroxylation is 3. The highest BCUT2D eigenvalue weighted by atomic mass is 35.5. The highest BCUT2D eigenvalue weighted by Crippen LogP contribution is 2.34. The zero-order valence-corrected chi connectivity index (χ0v) is 26.8. The van der Waals surface area contributed by atoms with Gasteiger partial charge in [-0.3, -0.25) is 24.5 Å². The van der Waals surface area contributed by atoms with Gasteiger partial charge in [0.2, 0.25) is 11.8 Å². The minimum absolute atomic E-state index is 0.00888. The van der Waals surface area contributed by atoms with E-state index in [0.29, 0.717) is 79.1 Å². The Labute approximate surface area is 264 Å². The molecule has 0 aliphatic carbocycles. The molecule has 3 aliphatic heterocycles. The number of rotatable bonds is 8. The second-order valence-corrected chi connectivity index (χ2v) is 13.2. The third-order valence-electron chi connectivity index (χ3n) is 9.67. The number of amides is 3. The van der Waals surface area contributed by atoms with Crippen LogP contribution in [0.2, 0.25) is 5.02 Å². The van der Waals surface area contributed by atoms with Crippen LogP contribution in [0.1, 0.15) is 53.2 Å². The van der Waals surface area contributed by atoms with Gasteiger partial charge in [0.1, 0.15) is 0 Å². The maximum Gasteiger partial charge on any atom is 0.270 e. The van der Waals surface area contributed by atoms with Crippen LogP contribution in [-0.4, -0.2) is 89.7 Å². The second kappa shape index (κ2) is 13.2. The zero-order chi connectivity index (χ0) is 31.7. The molecular formula is C33H42ClN5O5. The van der Waals surface area contributed by atoms with Crippen molar-refractivity contribution < 1.29 is 19.3 Å². The summed E-state index contributed by atoms with van der Waals surface area (Å²) in [5, 5.41) is 11.9. The van der Waals surface area contributed by atoms with Crippen molar-refractivity contribution in [3.63, 3.8) is 0 Å². The first-order chi connectivity index (χ1) is 20.9. The first-order valence-electron chi connectivity index (χ1n) is 15.5. The van der Waals surface area contributed by atoms with Gasteiger partial charge >= 0.3 is 0 Å². The lowest BCUT2D eigenvalue weighted by molar-refractivity contribution is -0.385. The molecule has 10 nitrogen and oxygen atoms in total. The molecule has 3 heterocycles. The summed E-state index contributed by atoms with van der Waals surface area (Å²) in [6, 6.07) is 8.74. The van der Waals surface area contributed by atoms with Crippen molar-refractivity contribution in [1.29, 1.82) is 0 Å². The van der Waals surface area contributed by atoms with Gasteiger partial charge in [-0.1, -0.05) is 17.7 Å². The van der Waals surface area contributed by atoms with Gasteiger partial charge in [0, 0.05) is 87.1 Å². The first-order valence-corrected chi connectivity index (χ1v) is 15.9. The highest BCUT2D eigenvalue weighted by Gasteiger charge is 2.42. The summed E-state index contributed by atoms with van der Waals surface area (Å²) in [6.07, 6.45) is 2.14. The van der Waals surface area contributed by atoms with E-state index in [1.54, 1.807) is 20.8 Å². The summed E-state index contributed by atoms with van der Waals surface area (Å²) in [6.45, 7) is 12.9. The molecule has 2 atom stereocenters. The number of likely N-dealkylation sites (tertiary alicyclic amines) is 3. The Morgan fingerprint density at radius 3 is 2.09 bits per heavy atom. The minimum Gasteiger partial charge on any atom is -0.343 e. The molecule has 2 unspecified atom stereocenters. The lowest BCUT2D eigenvalue weighted by Gasteiger charge is -2.34. The molecule has 0 saturated carbocycles. The Morgan fingerprint density at radius 2 is 1.55 bits per heavy atom. The Bertz CT molecular complexity index is 1420. The monoisotopic (exact) mass is 623 g/mol. The molecule has 0 N–H and O–H groups in total. The molecule has 2 aromatic carbocycles. The van der Waals surface area contributed by atoms with Crippen LogP contribution < -0.4 is 4.90 Å². The number of non-ortho nitro benzene ring substituents is 1. The minimum atomic E-state index is -0.423. The third-order valence-corrected chi connectivity index (χ3v) is 10.1. The topological polar surface area (TPSA) is 107 Å². The number of anilines is 1. The maximum atomic E-state index is 13.8. The van der Waals surface area contributed by atoms with E-state index in [9.17, 15) is 24.5 Å². The zero-order valence-electron chi connectivity index (χ0n) is 26.1. The lowest BCUT2D eigenvalue weighted by Crippen LogP contribution is -2.44. The van der Waals surface area contributed by atoms with Crippen molar-refractivity contribution in [1.82, 2.24) is 14.7 Å². The number of nitrogens with zero attached hydrogens (tertiary/aromatic N) is 5. The third kappa shape index (κ3) is 6.76. The molecule has 3 fully saturated rings. The van der Waals surface area contributed by atoms with Crippen LogP contribution in [-0.2, 0) is 9.59 Å². The summed E-state index contributed by atoms with van der Waals surface area (Å²) in [5.74, 6) is 0.754. The second-order valence-electron chi connectivity index (χ2n) is 12.8. The van der Waals surface area contributed by atoms with Gasteiger partial charge in [-0.2, -0.15) is 0 Å². The highest BCUT2D eigenvalue weighted by molar-refractivity contribution is 6.31. The Hall–Kier alpha value is -3.50. The standard InChI is InChI=1S/C33H42ClN5O5/c1-21-6-7-28(16-30(21)34)38(32(41)25-8-12-36(13-9-25)24(4)40)11-5-10-35-17-26-19-37(20-27(26)18-35)33(42)31-22(2)14-29(39(43)44)15-23(31)3/h6-7,14-16,25-27H,5,8-13,17-20H2,1-4H3. The first kappa shape index (κ1) is 31.9. The predicted molar refractivity (Wildman–Crippen MR) is 170 cm³/mol. The van der Waals surface area contributed by atoms with E-state index in [-0.39, 0.29) is 29.3 Å². The van der Waals surface area contributed by atoms with E-state index >= 15 is 0 Å². The quantitative estimate of drug-likeness (QED) is 0.307. The van der Waals surface area contributed by atoms with Crippen LogP contribution in [0.25, 0.3) is 0 Å². The molecule has 0 spiro atoms. The number of piperidine rings is 1. The number of halogens is 1. The van der Waals surface area contributed by atoms with E-state index in [1.807, 2.05) is 39.8 Å². The number of carbonyl (C=O) groups excluding carboxylic acids is 3. The van der Waals surface area contributed by atoms with Crippen LogP contribution in [0.15, 0.2) is 30.3 Å². The fourth-order valence-corrected chi connectivity index (χ4v) is 7.39. The van der Waals surface area contributed by atoms with E-state index in [0.717, 1.165) is 37.3 Å². The van der Waals surface area contributed by atoms with Crippen molar-refractivity contribution in [3.8, 4) is 0 Å². The largest absolute Gasteiger partial charge is 0.343 e. The Morgan fingerprint density at radius 1 is 0.932 bits per heavy atom. The number of nitro benzene ring substituents is 1. The number of hydrogen-bond donors (Lipinski definition) is 0. The number of carbonyl (C=O) groups is 3. The molecule has 3 amide bonds. The van der Waals surface area contributed by atoms with Gasteiger partial charge < -0.3 is 19.6 Å². The molecule has 3 saturated heterocycles. The molecule has 5 rings (SSSR count). The van der Waals surface area contributed by atoms with Crippen LogP contribution in [0, 0.1) is 48.6 Å². The smallest absolute Gasteiger partial charge is 0.270 e. The molecule has 0 bridgehead atoms. The van der Waals surface area contributed by atoms with Crippen molar-refractivity contribution in [2.75, 3.05) is 57.3 Å². The van der Waals surface area contributed by atoms with E-state index in [2.05, 4.69) is 4.90 Å². The van der Waals surface area contributed by atoms with Gasteiger partial charge in [0.15, 0.2) is 0 Å². The van der Waals surface area contributed by atoms with Gasteiger partial charge in [-0.15, -0.1) is 0 Å². The van der Waals surface area contributed by atoms with E-state index < -0.39 is 4.92 Å². The number of benzene rings is 2. The molecule has 2 aromatic rings. The molecular weight excluding hydrogens is 582 g/mol. The average molecular weight is 624 g/mol. The molecule has 0 radical (unpaired) electrons. The van der Waals surface area contributed by atoms with E-state index in [4.69, 9.17) is 11.6 Å². The Balaban J connectivity index is 1.17. The molecule has 0 aromatic heterocycles. The fraction of sp³-hybridized carbons (Fsp3) is 0.545. The van der Waals surface area contributed by atoms with Crippen LogP contribution in [0.4, 0.5) is 11.4 Å². The summed E-state index contributed by atoms with van der Waals surface area (Å²) in [7, 11) is 0. The number of nitro groups is 1. The number of hydrogen-bond acceptors (Lipinski definition) is 6. The summed E-state index contributed by atoms with van der Waals surface area (Å²) >= 11 is 6.46. The van der Waals surface area contributed by atoms with Crippen molar-refractivity contribution in [3.05, 3.63) is 67.7 Å². The average Bonchev–Trinajstić information content (AvgIpc) is 3.55. The lowest BCUT2D eigenvalue weighted by atomic mass is 9.94. The Kier molecular flexibility index (Phi) is 9.60. The molecule has 236 valence electrons. The van der Waals surface area contributed by atoms with Crippen LogP contribution in [0.3, 0.4) is 0 Å². The number of fused-ring (bicyclic) bond motifs is 1. The summed E-state index contributed by atoms with van der Waals surface area (Å²) in [5.41, 5.74) is 3.63. The molecule has 11 heteroatoms. The van der Waals surface area contributed by atoms with Crippen LogP contribution in [0.5, 0.6) is 0 Å². The van der Waals surface area contributed by atoms with E-state index in [1.165, 1.54) is 12.1 Å². The van der Waals surface area contributed by atoms with Crippen molar-refractivity contribution in [2.45, 2.75) is 47.0 Å². The normalized spacial score (nSPS) is 20.6. The van der Waals surface area contributed by atoms with Crippen molar-refractivity contribution in [2.24, 2.45) is 17.8 Å². The SMILES string of the molecule is CC(=O)N1CCC(C(=O)N(CCCN2CC3CN(C(=O)c4c(C)cc([N+](=O)[O-])cc4C)CC3C2)c2ccc(C)c(Cl)c2)CC1. The molecule has 44 heavy (non-hydrogen) atoms.